The van der Waals surface area contributed by atoms with Crippen molar-refractivity contribution in [2.75, 3.05) is 5.88 Å². The molecule has 0 saturated heterocycles. The molecule has 2 atom stereocenters. The minimum atomic E-state index is 0.591. The first kappa shape index (κ1) is 13.0. The van der Waals surface area contributed by atoms with Crippen LogP contribution in [0.1, 0.15) is 44.2 Å². The molecule has 2 heterocycles. The van der Waals surface area contributed by atoms with Crippen LogP contribution in [0, 0.1) is 5.92 Å². The van der Waals surface area contributed by atoms with Gasteiger partial charge in [-0.1, -0.05) is 20.3 Å². The van der Waals surface area contributed by atoms with Crippen LogP contribution in [0.4, 0.5) is 0 Å². The summed E-state index contributed by atoms with van der Waals surface area (Å²) >= 11 is 5.93. The van der Waals surface area contributed by atoms with Gasteiger partial charge in [0, 0.05) is 25.4 Å². The van der Waals surface area contributed by atoms with Crippen LogP contribution in [-0.2, 0) is 19.9 Å². The fourth-order valence-corrected chi connectivity index (χ4v) is 3.09. The summed E-state index contributed by atoms with van der Waals surface area (Å²) in [6, 6.07) is 0.591. The third-order valence-corrected chi connectivity index (χ3v) is 4.20. The molecule has 1 saturated carbocycles. The summed E-state index contributed by atoms with van der Waals surface area (Å²) in [4.78, 5) is 4.83. The van der Waals surface area contributed by atoms with Crippen LogP contribution in [0.5, 0.6) is 0 Å². The van der Waals surface area contributed by atoms with Gasteiger partial charge in [-0.25, -0.2) is 4.98 Å². The second kappa shape index (κ2) is 4.82. The maximum atomic E-state index is 5.93. The summed E-state index contributed by atoms with van der Waals surface area (Å²) in [5.41, 5.74) is 3.39. The molecule has 104 valence electrons. The molecule has 4 nitrogen and oxygen atoms in total. The van der Waals surface area contributed by atoms with Crippen LogP contribution >= 0.6 is 11.6 Å². The first-order chi connectivity index (χ1) is 9.17. The van der Waals surface area contributed by atoms with E-state index >= 15 is 0 Å². The second-order valence-corrected chi connectivity index (χ2v) is 5.99. The molecule has 3 rings (SSSR count). The minimum absolute atomic E-state index is 0.591. The van der Waals surface area contributed by atoms with Crippen LogP contribution in [-0.4, -0.2) is 25.2 Å². The lowest BCUT2D eigenvalue weighted by molar-refractivity contribution is 0.631. The number of nitrogens with zero attached hydrogens (tertiary/aromatic N) is 4. The SMILES string of the molecule is CCCc1nn(C)c2c1nc(CCCl)n2C1CC1C. The van der Waals surface area contributed by atoms with Crippen molar-refractivity contribution in [2.24, 2.45) is 13.0 Å². The molecule has 0 radical (unpaired) electrons. The summed E-state index contributed by atoms with van der Waals surface area (Å²) < 4.78 is 4.38. The molecule has 2 unspecified atom stereocenters. The lowest BCUT2D eigenvalue weighted by Gasteiger charge is -2.07. The van der Waals surface area contributed by atoms with Gasteiger partial charge in [0.25, 0.3) is 0 Å². The highest BCUT2D eigenvalue weighted by atomic mass is 35.5. The largest absolute Gasteiger partial charge is 0.309 e. The molecule has 2 aromatic heterocycles. The van der Waals surface area contributed by atoms with E-state index in [0.29, 0.717) is 11.9 Å². The van der Waals surface area contributed by atoms with Crippen molar-refractivity contribution >= 4 is 22.8 Å². The van der Waals surface area contributed by atoms with Crippen LogP contribution in [0.3, 0.4) is 0 Å². The number of aryl methyl sites for hydroxylation is 3. The van der Waals surface area contributed by atoms with E-state index in [2.05, 4.69) is 23.5 Å². The molecular formula is C14H21ClN4. The molecule has 5 heteroatoms. The van der Waals surface area contributed by atoms with Crippen molar-refractivity contribution in [3.05, 3.63) is 11.5 Å². The Balaban J connectivity index is 2.16. The van der Waals surface area contributed by atoms with E-state index in [4.69, 9.17) is 16.6 Å². The molecule has 1 aliphatic rings. The molecule has 0 N–H and O–H groups in total. The molecule has 0 bridgehead atoms. The van der Waals surface area contributed by atoms with Gasteiger partial charge in [0.2, 0.25) is 0 Å². The Bertz CT molecular complexity index is 598. The van der Waals surface area contributed by atoms with Crippen molar-refractivity contribution in [1.29, 1.82) is 0 Å². The maximum Gasteiger partial charge on any atom is 0.158 e. The van der Waals surface area contributed by atoms with Crippen LogP contribution in [0.2, 0.25) is 0 Å². The van der Waals surface area contributed by atoms with Crippen LogP contribution < -0.4 is 0 Å². The van der Waals surface area contributed by atoms with Gasteiger partial charge in [-0.3, -0.25) is 4.68 Å². The molecule has 1 fully saturated rings. The van der Waals surface area contributed by atoms with E-state index in [1.807, 2.05) is 11.7 Å². The minimum Gasteiger partial charge on any atom is -0.309 e. The number of fused-ring (bicyclic) bond motifs is 1. The van der Waals surface area contributed by atoms with Crippen molar-refractivity contribution in [1.82, 2.24) is 19.3 Å². The number of hydrogen-bond acceptors (Lipinski definition) is 2. The van der Waals surface area contributed by atoms with Gasteiger partial charge >= 0.3 is 0 Å². The Hall–Kier alpha value is -1.03. The van der Waals surface area contributed by atoms with E-state index in [9.17, 15) is 0 Å². The fraction of sp³-hybridized carbons (Fsp3) is 0.714. The summed E-state index contributed by atoms with van der Waals surface area (Å²) in [6.45, 7) is 4.48. The standard InChI is InChI=1S/C14H21ClN4/c1-4-5-10-13-14(18(3)17-10)19(11-8-9(11)2)12(16-13)6-7-15/h9,11H,4-8H2,1-3H3. The van der Waals surface area contributed by atoms with Gasteiger partial charge in [0.1, 0.15) is 11.3 Å². The monoisotopic (exact) mass is 280 g/mol. The predicted octanol–water partition coefficient (Wildman–Crippen LogP) is 3.08. The molecule has 0 aromatic carbocycles. The quantitative estimate of drug-likeness (QED) is 0.789. The Morgan fingerprint density at radius 2 is 2.11 bits per heavy atom. The highest BCUT2D eigenvalue weighted by Crippen LogP contribution is 2.45. The molecule has 0 aliphatic heterocycles. The van der Waals surface area contributed by atoms with Crippen molar-refractivity contribution < 1.29 is 0 Å². The van der Waals surface area contributed by atoms with Gasteiger partial charge < -0.3 is 4.57 Å². The number of hydrogen-bond donors (Lipinski definition) is 0. The first-order valence-electron chi connectivity index (χ1n) is 7.16. The van der Waals surface area contributed by atoms with Gasteiger partial charge in [0.15, 0.2) is 5.65 Å². The average Bonchev–Trinajstić information content (AvgIpc) is 2.83. The lowest BCUT2D eigenvalue weighted by atomic mass is 10.2. The van der Waals surface area contributed by atoms with Crippen LogP contribution in [0.25, 0.3) is 11.2 Å². The Morgan fingerprint density at radius 1 is 1.37 bits per heavy atom. The number of alkyl halides is 1. The third-order valence-electron chi connectivity index (χ3n) is 4.01. The number of halogens is 1. The van der Waals surface area contributed by atoms with Gasteiger partial charge in [-0.2, -0.15) is 5.10 Å². The van der Waals surface area contributed by atoms with Crippen molar-refractivity contribution in [2.45, 2.75) is 45.6 Å². The normalized spacial score (nSPS) is 22.3. The lowest BCUT2D eigenvalue weighted by Crippen LogP contribution is -2.07. The maximum absolute atomic E-state index is 5.93. The molecule has 1 aliphatic carbocycles. The molecule has 0 spiro atoms. The van der Waals surface area contributed by atoms with Gasteiger partial charge in [-0.05, 0) is 18.8 Å². The van der Waals surface area contributed by atoms with Crippen molar-refractivity contribution in [3.63, 3.8) is 0 Å². The zero-order chi connectivity index (χ0) is 13.6. The summed E-state index contributed by atoms with van der Waals surface area (Å²) in [7, 11) is 2.02. The second-order valence-electron chi connectivity index (χ2n) is 5.61. The number of rotatable bonds is 5. The van der Waals surface area contributed by atoms with E-state index in [-0.39, 0.29) is 0 Å². The van der Waals surface area contributed by atoms with E-state index in [1.54, 1.807) is 0 Å². The number of aromatic nitrogens is 4. The molecule has 19 heavy (non-hydrogen) atoms. The highest BCUT2D eigenvalue weighted by molar-refractivity contribution is 6.17. The Kier molecular flexibility index (Phi) is 3.29. The molecule has 2 aromatic rings. The molecular weight excluding hydrogens is 260 g/mol. The molecule has 0 amide bonds. The van der Waals surface area contributed by atoms with Gasteiger partial charge in [-0.15, -0.1) is 11.6 Å². The highest BCUT2D eigenvalue weighted by Gasteiger charge is 2.38. The van der Waals surface area contributed by atoms with E-state index in [0.717, 1.165) is 42.2 Å². The van der Waals surface area contributed by atoms with Crippen molar-refractivity contribution in [3.8, 4) is 0 Å². The van der Waals surface area contributed by atoms with Gasteiger partial charge in [0.05, 0.1) is 5.69 Å². The summed E-state index contributed by atoms with van der Waals surface area (Å²) in [6.07, 6.45) is 4.18. The third kappa shape index (κ3) is 2.06. The van der Waals surface area contributed by atoms with Crippen LogP contribution in [0.15, 0.2) is 0 Å². The smallest absolute Gasteiger partial charge is 0.158 e. The number of imidazole rings is 1. The first-order valence-corrected chi connectivity index (χ1v) is 7.69. The Labute approximate surface area is 118 Å². The topological polar surface area (TPSA) is 35.6 Å². The summed E-state index contributed by atoms with van der Waals surface area (Å²) in [5, 5.41) is 4.64. The average molecular weight is 281 g/mol. The van der Waals surface area contributed by atoms with E-state index in [1.165, 1.54) is 12.1 Å². The van der Waals surface area contributed by atoms with E-state index < -0.39 is 0 Å². The zero-order valence-electron chi connectivity index (χ0n) is 11.9. The zero-order valence-corrected chi connectivity index (χ0v) is 12.6. The summed E-state index contributed by atoms with van der Waals surface area (Å²) in [5.74, 6) is 2.50. The fourth-order valence-electron chi connectivity index (χ4n) is 2.92. The predicted molar refractivity (Wildman–Crippen MR) is 77.7 cm³/mol. The Morgan fingerprint density at radius 3 is 2.68 bits per heavy atom.